The number of ketones is 1. The summed E-state index contributed by atoms with van der Waals surface area (Å²) < 4.78 is 24.3. The monoisotopic (exact) mass is 650 g/mol. The average molecular weight is 651 g/mol. The maximum Gasteiger partial charge on any atom is 0.330 e. The van der Waals surface area contributed by atoms with Gasteiger partial charge in [-0.05, 0) is 48.7 Å². The number of nitrogens with one attached hydrogen (secondary N) is 2. The number of esters is 1. The Balaban J connectivity index is 2.13. The van der Waals surface area contributed by atoms with E-state index in [2.05, 4.69) is 15.4 Å². The van der Waals surface area contributed by atoms with Gasteiger partial charge in [0.05, 0.1) is 38.4 Å². The zero-order valence-corrected chi connectivity index (χ0v) is 26.4. The number of hydrogen-bond acceptors (Lipinski definition) is 8. The van der Waals surface area contributed by atoms with Crippen LogP contribution in [0, 0.1) is 11.7 Å². The van der Waals surface area contributed by atoms with Crippen molar-refractivity contribution in [2.75, 3.05) is 19.5 Å². The highest BCUT2D eigenvalue weighted by Gasteiger charge is 2.30. The predicted octanol–water partition coefficient (Wildman–Crippen LogP) is 4.21. The van der Waals surface area contributed by atoms with Crippen molar-refractivity contribution in [3.05, 3.63) is 70.0 Å². The number of Topliss-reactive ketones (excluding diaryl/α,β-unsaturated/α-hetero) is 1. The standard InChI is InChI=1S/C31H36ClFN2O8S/c1-5-43-26-11-9-19(10-12-29(40)42-4)13-20(26)14-27(37)35-30(18(2)3)31(41)34-24(15-28(38)39)25(36)17-44-16-21-22(32)7-6-8-23(21)33/h6-13,18,24,30H,5,14-17H2,1-4H3,(H,34,41)(H,35,37)(H,38,39)/b12-10+. The molecule has 2 aromatic rings. The molecule has 2 unspecified atom stereocenters. The second-order valence-corrected chi connectivity index (χ2v) is 11.3. The van der Waals surface area contributed by atoms with Crippen LogP contribution < -0.4 is 15.4 Å². The number of carbonyl (C=O) groups excluding carboxylic acids is 4. The van der Waals surface area contributed by atoms with Gasteiger partial charge in [-0.2, -0.15) is 0 Å². The second-order valence-electron chi connectivity index (χ2n) is 9.94. The van der Waals surface area contributed by atoms with Crippen LogP contribution in [0.25, 0.3) is 6.08 Å². The Morgan fingerprint density at radius 1 is 1.11 bits per heavy atom. The Kier molecular flexibility index (Phi) is 14.9. The molecule has 0 aliphatic rings. The van der Waals surface area contributed by atoms with E-state index in [0.717, 1.165) is 11.8 Å². The largest absolute Gasteiger partial charge is 0.494 e. The first-order valence-corrected chi connectivity index (χ1v) is 15.3. The summed E-state index contributed by atoms with van der Waals surface area (Å²) in [7, 11) is 1.26. The third-order valence-corrected chi connectivity index (χ3v) is 7.59. The summed E-state index contributed by atoms with van der Waals surface area (Å²) in [5.41, 5.74) is 1.33. The van der Waals surface area contributed by atoms with Crippen LogP contribution in [0.1, 0.15) is 43.9 Å². The van der Waals surface area contributed by atoms with E-state index in [1.165, 1.54) is 37.5 Å². The summed E-state index contributed by atoms with van der Waals surface area (Å²) in [4.78, 5) is 62.2. The summed E-state index contributed by atoms with van der Waals surface area (Å²) in [5.74, 6) is -4.31. The van der Waals surface area contributed by atoms with Gasteiger partial charge in [0.25, 0.3) is 0 Å². The molecule has 0 saturated heterocycles. The predicted molar refractivity (Wildman–Crippen MR) is 166 cm³/mol. The molecular weight excluding hydrogens is 615 g/mol. The van der Waals surface area contributed by atoms with Crippen LogP contribution in [0.2, 0.25) is 5.02 Å². The minimum atomic E-state index is -1.37. The van der Waals surface area contributed by atoms with Crippen molar-refractivity contribution >= 4 is 59.0 Å². The lowest BCUT2D eigenvalue weighted by Crippen LogP contribution is -2.54. The van der Waals surface area contributed by atoms with Crippen molar-refractivity contribution in [2.24, 2.45) is 5.92 Å². The van der Waals surface area contributed by atoms with Gasteiger partial charge in [0.2, 0.25) is 11.8 Å². The van der Waals surface area contributed by atoms with E-state index in [1.807, 2.05) is 0 Å². The summed E-state index contributed by atoms with van der Waals surface area (Å²) >= 11 is 7.06. The zero-order valence-electron chi connectivity index (χ0n) is 24.9. The van der Waals surface area contributed by atoms with E-state index < -0.39 is 59.8 Å². The molecule has 0 fully saturated rings. The Morgan fingerprint density at radius 2 is 1.84 bits per heavy atom. The number of ether oxygens (including phenoxy) is 2. The molecule has 10 nitrogen and oxygen atoms in total. The van der Waals surface area contributed by atoms with Gasteiger partial charge in [0.1, 0.15) is 17.6 Å². The minimum absolute atomic E-state index is 0.0685. The highest BCUT2D eigenvalue weighted by atomic mass is 35.5. The Labute approximate surface area is 264 Å². The topological polar surface area (TPSA) is 148 Å². The SMILES string of the molecule is CCOc1ccc(/C=C/C(=O)OC)cc1CC(=O)NC(C(=O)NC(CC(=O)O)C(=O)CSCc1c(F)cccc1Cl)C(C)C. The number of carbonyl (C=O) groups is 5. The molecule has 0 spiro atoms. The summed E-state index contributed by atoms with van der Waals surface area (Å²) in [5, 5.41) is 14.7. The van der Waals surface area contributed by atoms with E-state index >= 15 is 0 Å². The summed E-state index contributed by atoms with van der Waals surface area (Å²) in [6, 6.07) is 6.80. The minimum Gasteiger partial charge on any atom is -0.494 e. The van der Waals surface area contributed by atoms with Gasteiger partial charge < -0.3 is 25.2 Å². The van der Waals surface area contributed by atoms with Crippen LogP contribution >= 0.6 is 23.4 Å². The molecule has 2 atom stereocenters. The summed E-state index contributed by atoms with van der Waals surface area (Å²) in [6.45, 7) is 5.51. The Hall–Kier alpha value is -3.90. The first-order chi connectivity index (χ1) is 20.9. The van der Waals surface area contributed by atoms with E-state index in [9.17, 15) is 33.5 Å². The molecule has 44 heavy (non-hydrogen) atoms. The molecule has 2 aromatic carbocycles. The normalized spacial score (nSPS) is 12.4. The number of amides is 2. The number of aliphatic carboxylic acids is 1. The molecule has 238 valence electrons. The van der Waals surface area contributed by atoms with E-state index in [1.54, 1.807) is 39.0 Å². The molecule has 13 heteroatoms. The molecule has 0 aliphatic heterocycles. The maximum atomic E-state index is 14.1. The van der Waals surface area contributed by atoms with Gasteiger partial charge in [-0.25, -0.2) is 9.18 Å². The molecule has 0 radical (unpaired) electrons. The Morgan fingerprint density at radius 3 is 2.45 bits per heavy atom. The lowest BCUT2D eigenvalue weighted by Gasteiger charge is -2.25. The van der Waals surface area contributed by atoms with Crippen LogP contribution in [0.15, 0.2) is 42.5 Å². The third kappa shape index (κ3) is 11.6. The van der Waals surface area contributed by atoms with Crippen molar-refractivity contribution in [1.82, 2.24) is 10.6 Å². The zero-order chi connectivity index (χ0) is 32.8. The molecule has 3 N–H and O–H groups in total. The molecule has 0 bridgehead atoms. The number of halogens is 2. The fraction of sp³-hybridized carbons (Fsp3) is 0.387. The third-order valence-electron chi connectivity index (χ3n) is 6.25. The number of methoxy groups -OCH3 is 1. The number of benzene rings is 2. The molecule has 0 aliphatic carbocycles. The number of hydrogen-bond donors (Lipinski definition) is 3. The van der Waals surface area contributed by atoms with E-state index in [4.69, 9.17) is 16.3 Å². The molecule has 2 amide bonds. The number of rotatable bonds is 17. The van der Waals surface area contributed by atoms with Gasteiger partial charge in [-0.3, -0.25) is 19.2 Å². The van der Waals surface area contributed by atoms with Crippen molar-refractivity contribution < 1.29 is 42.9 Å². The summed E-state index contributed by atoms with van der Waals surface area (Å²) in [6.07, 6.45) is 1.92. The molecule has 0 saturated carbocycles. The van der Waals surface area contributed by atoms with Gasteiger partial charge in [-0.1, -0.05) is 37.6 Å². The van der Waals surface area contributed by atoms with Crippen LogP contribution in [0.4, 0.5) is 4.39 Å². The van der Waals surface area contributed by atoms with Crippen molar-refractivity contribution in [2.45, 2.75) is 51.4 Å². The number of carboxylic acids is 1. The van der Waals surface area contributed by atoms with Crippen LogP contribution in [0.3, 0.4) is 0 Å². The molecular formula is C31H36ClFN2O8S. The van der Waals surface area contributed by atoms with Crippen molar-refractivity contribution in [3.63, 3.8) is 0 Å². The van der Waals surface area contributed by atoms with Gasteiger partial charge in [0.15, 0.2) is 5.78 Å². The van der Waals surface area contributed by atoms with Crippen LogP contribution in [0.5, 0.6) is 5.75 Å². The fourth-order valence-corrected chi connectivity index (χ4v) is 5.32. The molecule has 0 aromatic heterocycles. The van der Waals surface area contributed by atoms with Crippen molar-refractivity contribution in [1.29, 1.82) is 0 Å². The maximum absolute atomic E-state index is 14.1. The highest BCUT2D eigenvalue weighted by Crippen LogP contribution is 2.25. The number of carboxylic acid groups (broad SMARTS) is 1. The average Bonchev–Trinajstić information content (AvgIpc) is 2.96. The molecule has 0 heterocycles. The van der Waals surface area contributed by atoms with E-state index in [0.29, 0.717) is 23.5 Å². The van der Waals surface area contributed by atoms with Crippen molar-refractivity contribution in [3.8, 4) is 5.75 Å². The smallest absolute Gasteiger partial charge is 0.330 e. The van der Waals surface area contributed by atoms with Gasteiger partial charge in [-0.15, -0.1) is 11.8 Å². The first kappa shape index (κ1) is 36.3. The fourth-order valence-electron chi connectivity index (χ4n) is 4.01. The number of thioether (sulfide) groups is 1. The van der Waals surface area contributed by atoms with Crippen LogP contribution in [-0.2, 0) is 40.9 Å². The van der Waals surface area contributed by atoms with Gasteiger partial charge >= 0.3 is 11.9 Å². The Bertz CT molecular complexity index is 1360. The van der Waals surface area contributed by atoms with E-state index in [-0.39, 0.29) is 28.5 Å². The highest BCUT2D eigenvalue weighted by molar-refractivity contribution is 7.99. The molecule has 2 rings (SSSR count). The lowest BCUT2D eigenvalue weighted by atomic mass is 10.0. The van der Waals surface area contributed by atoms with Gasteiger partial charge in [0, 0.05) is 28.0 Å². The quantitative estimate of drug-likeness (QED) is 0.169. The van der Waals surface area contributed by atoms with Crippen LogP contribution in [-0.4, -0.2) is 66.2 Å². The first-order valence-electron chi connectivity index (χ1n) is 13.7. The second kappa shape index (κ2) is 18.0. The lowest BCUT2D eigenvalue weighted by molar-refractivity contribution is -0.140.